The number of piperidine rings is 1. The summed E-state index contributed by atoms with van der Waals surface area (Å²) >= 11 is 0. The highest BCUT2D eigenvalue weighted by Gasteiger charge is 2.32. The molecule has 1 atom stereocenters. The standard InChI is InChI=1S/C15H29N3O/c1-12(2)8-17-15(19)11-18(14-5-6-14)10-13-4-3-7-16-9-13/h12-14,16H,3-11H2,1-2H3,(H,17,19). The number of carbonyl (C=O) groups is 1. The largest absolute Gasteiger partial charge is 0.355 e. The number of amides is 1. The summed E-state index contributed by atoms with van der Waals surface area (Å²) in [6.07, 6.45) is 5.14. The van der Waals surface area contributed by atoms with Crippen LogP contribution in [0.3, 0.4) is 0 Å². The topological polar surface area (TPSA) is 44.4 Å². The molecule has 4 nitrogen and oxygen atoms in total. The fourth-order valence-electron chi connectivity index (χ4n) is 2.75. The van der Waals surface area contributed by atoms with Gasteiger partial charge < -0.3 is 10.6 Å². The van der Waals surface area contributed by atoms with E-state index in [1.807, 2.05) is 0 Å². The Morgan fingerprint density at radius 1 is 1.37 bits per heavy atom. The van der Waals surface area contributed by atoms with Gasteiger partial charge in [0.25, 0.3) is 0 Å². The Kier molecular flexibility index (Phi) is 5.64. The average Bonchev–Trinajstić information content (AvgIpc) is 3.21. The first-order valence-corrected chi connectivity index (χ1v) is 7.86. The number of hydrogen-bond acceptors (Lipinski definition) is 3. The monoisotopic (exact) mass is 267 g/mol. The predicted molar refractivity (Wildman–Crippen MR) is 78.0 cm³/mol. The van der Waals surface area contributed by atoms with Gasteiger partial charge in [0.2, 0.25) is 5.91 Å². The van der Waals surface area contributed by atoms with Crippen molar-refractivity contribution >= 4 is 5.91 Å². The van der Waals surface area contributed by atoms with Crippen LogP contribution < -0.4 is 10.6 Å². The maximum atomic E-state index is 12.0. The zero-order valence-electron chi connectivity index (χ0n) is 12.5. The van der Waals surface area contributed by atoms with Crippen LogP contribution in [0.2, 0.25) is 0 Å². The highest BCUT2D eigenvalue weighted by Crippen LogP contribution is 2.28. The van der Waals surface area contributed by atoms with Gasteiger partial charge in [-0.05, 0) is 50.6 Å². The molecule has 110 valence electrons. The lowest BCUT2D eigenvalue weighted by Gasteiger charge is -2.29. The molecule has 19 heavy (non-hydrogen) atoms. The fourth-order valence-corrected chi connectivity index (χ4v) is 2.75. The van der Waals surface area contributed by atoms with Crippen molar-refractivity contribution in [2.45, 2.75) is 45.6 Å². The molecule has 0 spiro atoms. The van der Waals surface area contributed by atoms with Crippen LogP contribution >= 0.6 is 0 Å². The van der Waals surface area contributed by atoms with Crippen molar-refractivity contribution in [2.24, 2.45) is 11.8 Å². The van der Waals surface area contributed by atoms with Crippen LogP contribution in [0, 0.1) is 11.8 Å². The average molecular weight is 267 g/mol. The van der Waals surface area contributed by atoms with E-state index in [4.69, 9.17) is 0 Å². The molecule has 2 aliphatic rings. The lowest BCUT2D eigenvalue weighted by Crippen LogP contribution is -2.44. The minimum absolute atomic E-state index is 0.198. The molecular formula is C15H29N3O. The van der Waals surface area contributed by atoms with Crippen molar-refractivity contribution in [3.8, 4) is 0 Å². The van der Waals surface area contributed by atoms with Gasteiger partial charge in [-0.15, -0.1) is 0 Å². The van der Waals surface area contributed by atoms with Crippen LogP contribution in [0.5, 0.6) is 0 Å². The van der Waals surface area contributed by atoms with Gasteiger partial charge in [0.05, 0.1) is 6.54 Å². The van der Waals surface area contributed by atoms with Crippen molar-refractivity contribution in [2.75, 3.05) is 32.7 Å². The Labute approximate surface area is 117 Å². The molecular weight excluding hydrogens is 238 g/mol. The molecule has 1 aliphatic carbocycles. The van der Waals surface area contributed by atoms with Gasteiger partial charge in [-0.1, -0.05) is 13.8 Å². The molecule has 0 aromatic rings. The van der Waals surface area contributed by atoms with E-state index in [1.165, 1.54) is 25.7 Å². The molecule has 1 saturated carbocycles. The Morgan fingerprint density at radius 2 is 2.16 bits per heavy atom. The van der Waals surface area contributed by atoms with Crippen molar-refractivity contribution in [3.05, 3.63) is 0 Å². The van der Waals surface area contributed by atoms with E-state index in [-0.39, 0.29) is 5.91 Å². The van der Waals surface area contributed by atoms with E-state index >= 15 is 0 Å². The number of nitrogens with one attached hydrogen (secondary N) is 2. The molecule has 1 heterocycles. The summed E-state index contributed by atoms with van der Waals surface area (Å²) in [4.78, 5) is 14.4. The third-order valence-electron chi connectivity index (χ3n) is 4.01. The molecule has 2 rings (SSSR count). The maximum absolute atomic E-state index is 12.0. The van der Waals surface area contributed by atoms with Gasteiger partial charge in [-0.25, -0.2) is 0 Å². The SMILES string of the molecule is CC(C)CNC(=O)CN(CC1CCCNC1)C1CC1. The third-order valence-corrected chi connectivity index (χ3v) is 4.01. The van der Waals surface area contributed by atoms with Gasteiger partial charge in [0.15, 0.2) is 0 Å². The van der Waals surface area contributed by atoms with Crippen molar-refractivity contribution < 1.29 is 4.79 Å². The molecule has 0 radical (unpaired) electrons. The number of rotatable bonds is 7. The van der Waals surface area contributed by atoms with Gasteiger partial charge in [0, 0.05) is 19.1 Å². The smallest absolute Gasteiger partial charge is 0.234 e. The maximum Gasteiger partial charge on any atom is 0.234 e. The van der Waals surface area contributed by atoms with Crippen molar-refractivity contribution in [1.29, 1.82) is 0 Å². The van der Waals surface area contributed by atoms with Crippen LogP contribution in [0.4, 0.5) is 0 Å². The molecule has 0 bridgehead atoms. The summed E-state index contributed by atoms with van der Waals surface area (Å²) in [5.41, 5.74) is 0. The van der Waals surface area contributed by atoms with Gasteiger partial charge in [-0.3, -0.25) is 9.69 Å². The quantitative estimate of drug-likeness (QED) is 0.729. The van der Waals surface area contributed by atoms with E-state index in [1.54, 1.807) is 0 Å². The highest BCUT2D eigenvalue weighted by atomic mass is 16.2. The molecule has 0 aromatic heterocycles. The molecule has 1 aliphatic heterocycles. The molecule has 1 unspecified atom stereocenters. The first-order chi connectivity index (χ1) is 9.15. The second kappa shape index (κ2) is 7.25. The normalized spacial score (nSPS) is 23.9. The molecule has 1 saturated heterocycles. The Balaban J connectivity index is 1.74. The van der Waals surface area contributed by atoms with Crippen molar-refractivity contribution in [3.63, 3.8) is 0 Å². The summed E-state index contributed by atoms with van der Waals surface area (Å²) < 4.78 is 0. The zero-order valence-corrected chi connectivity index (χ0v) is 12.5. The van der Waals surface area contributed by atoms with Gasteiger partial charge in [-0.2, -0.15) is 0 Å². The van der Waals surface area contributed by atoms with Crippen LogP contribution in [-0.4, -0.2) is 49.6 Å². The second-order valence-corrected chi connectivity index (χ2v) is 6.57. The summed E-state index contributed by atoms with van der Waals surface area (Å²) in [7, 11) is 0. The Morgan fingerprint density at radius 3 is 2.74 bits per heavy atom. The second-order valence-electron chi connectivity index (χ2n) is 6.57. The lowest BCUT2D eigenvalue weighted by atomic mass is 9.99. The fraction of sp³-hybridized carbons (Fsp3) is 0.933. The minimum Gasteiger partial charge on any atom is -0.355 e. The molecule has 2 N–H and O–H groups in total. The van der Waals surface area contributed by atoms with E-state index in [0.29, 0.717) is 18.5 Å². The number of nitrogens with zero attached hydrogens (tertiary/aromatic N) is 1. The van der Waals surface area contributed by atoms with E-state index in [0.717, 1.165) is 32.1 Å². The minimum atomic E-state index is 0.198. The molecule has 1 amide bonds. The number of carbonyl (C=O) groups excluding carboxylic acids is 1. The summed E-state index contributed by atoms with van der Waals surface area (Å²) in [5, 5.41) is 6.50. The van der Waals surface area contributed by atoms with Crippen LogP contribution in [0.15, 0.2) is 0 Å². The molecule has 4 heteroatoms. The highest BCUT2D eigenvalue weighted by molar-refractivity contribution is 5.78. The van der Waals surface area contributed by atoms with Crippen LogP contribution in [-0.2, 0) is 4.79 Å². The predicted octanol–water partition coefficient (Wildman–Crippen LogP) is 1.22. The zero-order chi connectivity index (χ0) is 13.7. The Hall–Kier alpha value is -0.610. The van der Waals surface area contributed by atoms with Crippen LogP contribution in [0.1, 0.15) is 39.5 Å². The molecule has 0 aromatic carbocycles. The summed E-state index contributed by atoms with van der Waals surface area (Å²) in [6, 6.07) is 0.673. The van der Waals surface area contributed by atoms with Gasteiger partial charge >= 0.3 is 0 Å². The number of hydrogen-bond donors (Lipinski definition) is 2. The van der Waals surface area contributed by atoms with E-state index in [2.05, 4.69) is 29.4 Å². The van der Waals surface area contributed by atoms with E-state index in [9.17, 15) is 4.79 Å². The van der Waals surface area contributed by atoms with Crippen molar-refractivity contribution in [1.82, 2.24) is 15.5 Å². The van der Waals surface area contributed by atoms with E-state index < -0.39 is 0 Å². The lowest BCUT2D eigenvalue weighted by molar-refractivity contribution is -0.122. The van der Waals surface area contributed by atoms with Crippen LogP contribution in [0.25, 0.3) is 0 Å². The third kappa shape index (κ3) is 5.49. The summed E-state index contributed by atoms with van der Waals surface area (Å²) in [5.74, 6) is 1.46. The summed E-state index contributed by atoms with van der Waals surface area (Å²) in [6.45, 7) is 9.02. The van der Waals surface area contributed by atoms with Gasteiger partial charge in [0.1, 0.15) is 0 Å². The first-order valence-electron chi connectivity index (χ1n) is 7.86. The molecule has 2 fully saturated rings. The first kappa shape index (κ1) is 14.8. The Bertz CT molecular complexity index is 283.